The second kappa shape index (κ2) is 8.75. The monoisotopic (exact) mass is 336 g/mol. The van der Waals surface area contributed by atoms with E-state index in [0.717, 1.165) is 24.3 Å². The van der Waals surface area contributed by atoms with Crippen LogP contribution in [-0.2, 0) is 11.3 Å². The zero-order valence-corrected chi connectivity index (χ0v) is 13.5. The Morgan fingerprint density at radius 1 is 1.33 bits per heavy atom. The SMILES string of the molecule is CCOC(=O)N(CCCCCCn1cnc2c(=O)[nH]cnc21)N=O. The van der Waals surface area contributed by atoms with E-state index in [0.29, 0.717) is 24.1 Å². The largest absolute Gasteiger partial charge is 0.448 e. The van der Waals surface area contributed by atoms with E-state index in [-0.39, 0.29) is 18.7 Å². The Kier molecular flexibility index (Phi) is 6.41. The van der Waals surface area contributed by atoms with Crippen molar-refractivity contribution >= 4 is 17.3 Å². The fourth-order valence-electron chi connectivity index (χ4n) is 2.32. The summed E-state index contributed by atoms with van der Waals surface area (Å²) in [4.78, 5) is 44.2. The van der Waals surface area contributed by atoms with Crippen molar-refractivity contribution < 1.29 is 9.53 Å². The van der Waals surface area contributed by atoms with Gasteiger partial charge >= 0.3 is 6.09 Å². The third kappa shape index (κ3) is 4.37. The minimum absolute atomic E-state index is 0.209. The molecular weight excluding hydrogens is 316 g/mol. The lowest BCUT2D eigenvalue weighted by molar-refractivity contribution is 0.107. The Bertz CT molecular complexity index is 740. The number of imidazole rings is 1. The normalized spacial score (nSPS) is 10.7. The van der Waals surface area contributed by atoms with Crippen LogP contribution in [0.1, 0.15) is 32.6 Å². The van der Waals surface area contributed by atoms with Crippen LogP contribution in [0.4, 0.5) is 4.79 Å². The van der Waals surface area contributed by atoms with Crippen LogP contribution >= 0.6 is 0 Å². The molecule has 0 saturated carbocycles. The van der Waals surface area contributed by atoms with Gasteiger partial charge in [0.05, 0.1) is 31.1 Å². The molecule has 1 amide bonds. The van der Waals surface area contributed by atoms with Crippen molar-refractivity contribution in [1.82, 2.24) is 24.5 Å². The lowest BCUT2D eigenvalue weighted by atomic mass is 10.2. The molecule has 0 unspecified atom stereocenters. The summed E-state index contributed by atoms with van der Waals surface area (Å²) >= 11 is 0. The first-order chi connectivity index (χ1) is 11.7. The Balaban J connectivity index is 1.71. The van der Waals surface area contributed by atoms with Crippen LogP contribution in [-0.4, -0.2) is 43.8 Å². The van der Waals surface area contributed by atoms with Crippen LogP contribution in [0.2, 0.25) is 0 Å². The van der Waals surface area contributed by atoms with Gasteiger partial charge in [0.15, 0.2) is 11.2 Å². The summed E-state index contributed by atoms with van der Waals surface area (Å²) in [7, 11) is 0. The van der Waals surface area contributed by atoms with E-state index in [4.69, 9.17) is 4.74 Å². The topological polar surface area (TPSA) is 123 Å². The second-order valence-electron chi connectivity index (χ2n) is 5.16. The van der Waals surface area contributed by atoms with Gasteiger partial charge in [-0.05, 0) is 19.8 Å². The highest BCUT2D eigenvalue weighted by Gasteiger charge is 2.14. The van der Waals surface area contributed by atoms with E-state index < -0.39 is 6.09 Å². The summed E-state index contributed by atoms with van der Waals surface area (Å²) in [6.45, 7) is 2.82. The standard InChI is InChI=1S/C14H20N6O4/c1-2-24-14(22)20(18-23)8-6-4-3-5-7-19-10-17-11-12(19)15-9-16-13(11)21/h9-10H,2-8H2,1H3,(H,15,16,21). The van der Waals surface area contributed by atoms with Crippen LogP contribution in [0.25, 0.3) is 11.2 Å². The second-order valence-corrected chi connectivity index (χ2v) is 5.16. The minimum atomic E-state index is -0.714. The van der Waals surface area contributed by atoms with Gasteiger partial charge in [-0.25, -0.2) is 14.8 Å². The maximum absolute atomic E-state index is 11.6. The molecule has 10 nitrogen and oxygen atoms in total. The van der Waals surface area contributed by atoms with Gasteiger partial charge in [0.1, 0.15) is 0 Å². The van der Waals surface area contributed by atoms with Crippen molar-refractivity contribution in [3.05, 3.63) is 27.9 Å². The predicted molar refractivity (Wildman–Crippen MR) is 86.1 cm³/mol. The number of ether oxygens (including phenoxy) is 1. The lowest BCUT2D eigenvalue weighted by Crippen LogP contribution is -2.27. The number of nitroso groups, excluding NO2 is 1. The maximum atomic E-state index is 11.6. The summed E-state index contributed by atoms with van der Waals surface area (Å²) < 4.78 is 6.56. The van der Waals surface area contributed by atoms with Gasteiger partial charge in [0.2, 0.25) is 0 Å². The summed E-state index contributed by atoms with van der Waals surface area (Å²) in [5.74, 6) is 0. The molecule has 130 valence electrons. The highest BCUT2D eigenvalue weighted by molar-refractivity contribution is 5.68. The molecule has 1 N–H and O–H groups in total. The van der Waals surface area contributed by atoms with Crippen molar-refractivity contribution in [2.45, 2.75) is 39.2 Å². The third-order valence-electron chi connectivity index (χ3n) is 3.50. The number of aryl methyl sites for hydroxylation is 1. The number of unbranched alkanes of at least 4 members (excludes halogenated alkanes) is 3. The predicted octanol–water partition coefficient (Wildman–Crippen LogP) is 1.82. The molecule has 0 fully saturated rings. The number of carbonyl (C=O) groups excluding carboxylic acids is 1. The average molecular weight is 336 g/mol. The molecule has 10 heteroatoms. The van der Waals surface area contributed by atoms with Gasteiger partial charge in [-0.15, -0.1) is 4.91 Å². The van der Waals surface area contributed by atoms with Crippen molar-refractivity contribution in [2.75, 3.05) is 13.2 Å². The lowest BCUT2D eigenvalue weighted by Gasteiger charge is -2.12. The molecule has 2 rings (SSSR count). The fourth-order valence-corrected chi connectivity index (χ4v) is 2.32. The van der Waals surface area contributed by atoms with Gasteiger partial charge in [-0.2, -0.15) is 5.01 Å². The van der Waals surface area contributed by atoms with E-state index >= 15 is 0 Å². The van der Waals surface area contributed by atoms with Crippen molar-refractivity contribution in [2.24, 2.45) is 5.29 Å². The first-order valence-electron chi connectivity index (χ1n) is 7.83. The van der Waals surface area contributed by atoms with Crippen LogP contribution < -0.4 is 5.56 Å². The molecule has 0 spiro atoms. The van der Waals surface area contributed by atoms with Gasteiger partial charge < -0.3 is 14.3 Å². The Hall–Kier alpha value is -2.78. The molecule has 0 aromatic carbocycles. The van der Waals surface area contributed by atoms with Gasteiger partial charge in [0, 0.05) is 6.54 Å². The number of aromatic amines is 1. The molecule has 2 aromatic rings. The van der Waals surface area contributed by atoms with Crippen LogP contribution in [0.3, 0.4) is 0 Å². The number of nitrogens with one attached hydrogen (secondary N) is 1. The van der Waals surface area contributed by atoms with Gasteiger partial charge in [0.25, 0.3) is 5.56 Å². The maximum Gasteiger partial charge on any atom is 0.432 e. The smallest absolute Gasteiger partial charge is 0.432 e. The van der Waals surface area contributed by atoms with Crippen LogP contribution in [0.15, 0.2) is 22.7 Å². The number of carbonyl (C=O) groups is 1. The van der Waals surface area contributed by atoms with Crippen molar-refractivity contribution in [1.29, 1.82) is 0 Å². The highest BCUT2D eigenvalue weighted by atomic mass is 16.6. The minimum Gasteiger partial charge on any atom is -0.448 e. The van der Waals surface area contributed by atoms with E-state index in [9.17, 15) is 14.5 Å². The van der Waals surface area contributed by atoms with Crippen LogP contribution in [0.5, 0.6) is 0 Å². The van der Waals surface area contributed by atoms with Crippen molar-refractivity contribution in [3.8, 4) is 0 Å². The highest BCUT2D eigenvalue weighted by Crippen LogP contribution is 2.09. The molecule has 0 aliphatic heterocycles. The van der Waals surface area contributed by atoms with Gasteiger partial charge in [-0.1, -0.05) is 12.8 Å². The zero-order valence-electron chi connectivity index (χ0n) is 13.5. The number of H-pyrrole nitrogens is 1. The number of fused-ring (bicyclic) bond motifs is 1. The average Bonchev–Trinajstić information content (AvgIpc) is 2.99. The Morgan fingerprint density at radius 2 is 2.12 bits per heavy atom. The third-order valence-corrected chi connectivity index (χ3v) is 3.50. The Labute approximate surface area is 137 Å². The summed E-state index contributed by atoms with van der Waals surface area (Å²) in [6.07, 6.45) is 5.52. The zero-order chi connectivity index (χ0) is 17.4. The van der Waals surface area contributed by atoms with Gasteiger partial charge in [-0.3, -0.25) is 4.79 Å². The number of aromatic nitrogens is 4. The molecule has 0 radical (unpaired) electrons. The molecular formula is C14H20N6O4. The Morgan fingerprint density at radius 3 is 2.88 bits per heavy atom. The van der Waals surface area contributed by atoms with Crippen LogP contribution in [0, 0.1) is 4.91 Å². The fraction of sp³-hybridized carbons (Fsp3) is 0.571. The van der Waals surface area contributed by atoms with E-state index in [1.54, 1.807) is 13.3 Å². The molecule has 2 heterocycles. The number of hydrogen-bond acceptors (Lipinski definition) is 7. The molecule has 0 saturated heterocycles. The molecule has 0 aliphatic carbocycles. The molecule has 0 aliphatic rings. The first-order valence-corrected chi connectivity index (χ1v) is 7.83. The number of rotatable bonds is 9. The van der Waals surface area contributed by atoms with E-state index in [1.165, 1.54) is 6.33 Å². The van der Waals surface area contributed by atoms with Crippen molar-refractivity contribution in [3.63, 3.8) is 0 Å². The van der Waals surface area contributed by atoms with E-state index in [1.807, 2.05) is 4.57 Å². The molecule has 24 heavy (non-hydrogen) atoms. The summed E-state index contributed by atoms with van der Waals surface area (Å²) in [6, 6.07) is 0. The van der Waals surface area contributed by atoms with E-state index in [2.05, 4.69) is 20.2 Å². The molecule has 0 atom stereocenters. The number of nitrogens with zero attached hydrogens (tertiary/aromatic N) is 5. The summed E-state index contributed by atoms with van der Waals surface area (Å²) in [5, 5.41) is 3.46. The number of hydrogen-bond donors (Lipinski definition) is 1. The molecule has 0 bridgehead atoms. The first kappa shape index (κ1) is 17.6. The summed E-state index contributed by atoms with van der Waals surface area (Å²) in [5.41, 5.74) is 0.649. The molecule has 2 aromatic heterocycles. The quantitative estimate of drug-likeness (QED) is 0.423. The number of amides is 1.